The first-order chi connectivity index (χ1) is 7.93. The minimum Gasteiger partial charge on any atom is -0.493 e. The second-order valence-electron chi connectivity index (χ2n) is 3.38. The molecule has 0 saturated carbocycles. The summed E-state index contributed by atoms with van der Waals surface area (Å²) in [7, 11) is 2.92. The monoisotopic (exact) mass is 304 g/mol. The summed E-state index contributed by atoms with van der Waals surface area (Å²) in [5.74, 6) is -0.487. The number of carboxylic acids is 1. The Kier molecular flexibility index (Phi) is 4.36. The number of halogens is 1. The SMILES string of the molecule is COc1cc(C(O)C(=O)O)c(C)c(Br)c1OC. The molecule has 0 saturated heterocycles. The molecule has 0 bridgehead atoms. The molecule has 17 heavy (non-hydrogen) atoms. The summed E-state index contributed by atoms with van der Waals surface area (Å²) >= 11 is 3.29. The Morgan fingerprint density at radius 2 is 2.00 bits per heavy atom. The average Bonchev–Trinajstić information content (AvgIpc) is 2.31. The Morgan fingerprint density at radius 1 is 1.41 bits per heavy atom. The van der Waals surface area contributed by atoms with E-state index in [-0.39, 0.29) is 5.56 Å². The number of aliphatic carboxylic acids is 1. The van der Waals surface area contributed by atoms with E-state index < -0.39 is 12.1 Å². The lowest BCUT2D eigenvalue weighted by Gasteiger charge is -2.17. The highest BCUT2D eigenvalue weighted by Gasteiger charge is 2.23. The number of aliphatic hydroxyl groups excluding tert-OH is 1. The molecule has 1 aromatic carbocycles. The van der Waals surface area contributed by atoms with E-state index in [1.807, 2.05) is 0 Å². The topological polar surface area (TPSA) is 76.0 Å². The first kappa shape index (κ1) is 13.8. The van der Waals surface area contributed by atoms with E-state index in [0.717, 1.165) is 0 Å². The molecule has 6 heteroatoms. The molecular formula is C11H13BrO5. The van der Waals surface area contributed by atoms with Gasteiger partial charge in [0.2, 0.25) is 0 Å². The Morgan fingerprint density at radius 3 is 2.41 bits per heavy atom. The van der Waals surface area contributed by atoms with Gasteiger partial charge in [0.15, 0.2) is 17.6 Å². The number of rotatable bonds is 4. The first-order valence-corrected chi connectivity index (χ1v) is 5.55. The van der Waals surface area contributed by atoms with Gasteiger partial charge in [0, 0.05) is 0 Å². The molecule has 0 amide bonds. The highest BCUT2D eigenvalue weighted by Crippen LogP contribution is 2.41. The normalized spacial score (nSPS) is 12.1. The van der Waals surface area contributed by atoms with E-state index in [1.54, 1.807) is 6.92 Å². The van der Waals surface area contributed by atoms with Gasteiger partial charge in [0.05, 0.1) is 18.7 Å². The molecule has 0 aliphatic heterocycles. The van der Waals surface area contributed by atoms with E-state index >= 15 is 0 Å². The average molecular weight is 305 g/mol. The van der Waals surface area contributed by atoms with Crippen LogP contribution in [0.2, 0.25) is 0 Å². The summed E-state index contributed by atoms with van der Waals surface area (Å²) < 4.78 is 10.8. The lowest BCUT2D eigenvalue weighted by atomic mass is 10.0. The molecule has 1 rings (SSSR count). The molecule has 0 heterocycles. The van der Waals surface area contributed by atoms with Crippen LogP contribution in [0.1, 0.15) is 17.2 Å². The molecule has 1 aromatic rings. The second-order valence-corrected chi connectivity index (χ2v) is 4.17. The van der Waals surface area contributed by atoms with Gasteiger partial charge in [-0.25, -0.2) is 4.79 Å². The van der Waals surface area contributed by atoms with E-state index in [4.69, 9.17) is 14.6 Å². The van der Waals surface area contributed by atoms with Crippen LogP contribution < -0.4 is 9.47 Å². The number of methoxy groups -OCH3 is 2. The van der Waals surface area contributed by atoms with Crippen molar-refractivity contribution in [2.24, 2.45) is 0 Å². The molecule has 0 aromatic heterocycles. The zero-order chi connectivity index (χ0) is 13.2. The van der Waals surface area contributed by atoms with Crippen molar-refractivity contribution in [3.8, 4) is 11.5 Å². The summed E-state index contributed by atoms with van der Waals surface area (Å²) in [6.45, 7) is 1.69. The molecule has 0 fully saturated rings. The summed E-state index contributed by atoms with van der Waals surface area (Å²) in [6.07, 6.45) is -1.59. The molecule has 5 nitrogen and oxygen atoms in total. The van der Waals surface area contributed by atoms with Gasteiger partial charge in [-0.3, -0.25) is 0 Å². The maximum Gasteiger partial charge on any atom is 0.337 e. The minimum absolute atomic E-state index is 0.266. The third kappa shape index (κ3) is 2.53. The largest absolute Gasteiger partial charge is 0.493 e. The van der Waals surface area contributed by atoms with E-state index in [9.17, 15) is 9.90 Å². The Bertz CT molecular complexity index is 444. The van der Waals surface area contributed by atoms with Crippen LogP contribution >= 0.6 is 15.9 Å². The highest BCUT2D eigenvalue weighted by molar-refractivity contribution is 9.10. The smallest absolute Gasteiger partial charge is 0.337 e. The molecular weight excluding hydrogens is 292 g/mol. The van der Waals surface area contributed by atoms with Crippen LogP contribution in [0.25, 0.3) is 0 Å². The van der Waals surface area contributed by atoms with Crippen molar-refractivity contribution >= 4 is 21.9 Å². The maximum atomic E-state index is 10.8. The van der Waals surface area contributed by atoms with Gasteiger partial charge in [0.1, 0.15) is 0 Å². The zero-order valence-corrected chi connectivity index (χ0v) is 11.2. The van der Waals surface area contributed by atoms with Crippen molar-refractivity contribution in [2.45, 2.75) is 13.0 Å². The lowest BCUT2D eigenvalue weighted by Crippen LogP contribution is -2.12. The first-order valence-electron chi connectivity index (χ1n) is 4.75. The van der Waals surface area contributed by atoms with Crippen LogP contribution in [-0.4, -0.2) is 30.4 Å². The standard InChI is InChI=1S/C11H13BrO5/c1-5-6(9(13)11(14)15)4-7(16-2)10(17-3)8(5)12/h4,9,13H,1-3H3,(H,14,15). The van der Waals surface area contributed by atoms with Crippen molar-refractivity contribution in [3.63, 3.8) is 0 Å². The fraction of sp³-hybridized carbons (Fsp3) is 0.364. The van der Waals surface area contributed by atoms with Gasteiger partial charge in [0.25, 0.3) is 0 Å². The van der Waals surface area contributed by atoms with Crippen molar-refractivity contribution in [1.29, 1.82) is 0 Å². The number of ether oxygens (including phenoxy) is 2. The lowest BCUT2D eigenvalue weighted by molar-refractivity contribution is -0.147. The molecule has 94 valence electrons. The number of aliphatic hydroxyl groups is 1. The number of carboxylic acid groups (broad SMARTS) is 1. The van der Waals surface area contributed by atoms with E-state index in [1.165, 1.54) is 20.3 Å². The molecule has 1 unspecified atom stereocenters. The van der Waals surface area contributed by atoms with Gasteiger partial charge in [-0.1, -0.05) is 0 Å². The minimum atomic E-state index is -1.59. The summed E-state index contributed by atoms with van der Waals surface area (Å²) in [6, 6.07) is 1.46. The molecule has 1 atom stereocenters. The molecule has 0 aliphatic carbocycles. The highest BCUT2D eigenvalue weighted by atomic mass is 79.9. The van der Waals surface area contributed by atoms with Crippen LogP contribution in [0.5, 0.6) is 11.5 Å². The van der Waals surface area contributed by atoms with Gasteiger partial charge < -0.3 is 19.7 Å². The van der Waals surface area contributed by atoms with E-state index in [2.05, 4.69) is 15.9 Å². The van der Waals surface area contributed by atoms with Crippen molar-refractivity contribution in [1.82, 2.24) is 0 Å². The summed E-state index contributed by atoms with van der Waals surface area (Å²) in [5.41, 5.74) is 0.861. The van der Waals surface area contributed by atoms with Crippen molar-refractivity contribution < 1.29 is 24.5 Å². The van der Waals surface area contributed by atoms with E-state index in [0.29, 0.717) is 21.5 Å². The third-order valence-electron chi connectivity index (χ3n) is 2.42. The fourth-order valence-corrected chi connectivity index (χ4v) is 2.07. The number of hydrogen-bond acceptors (Lipinski definition) is 4. The van der Waals surface area contributed by atoms with Crippen molar-refractivity contribution in [3.05, 3.63) is 21.7 Å². The Labute approximate surface area is 107 Å². The number of carbonyl (C=O) groups is 1. The van der Waals surface area contributed by atoms with Gasteiger partial charge in [-0.2, -0.15) is 0 Å². The third-order valence-corrected chi connectivity index (χ3v) is 3.38. The molecule has 0 radical (unpaired) electrons. The number of hydrogen-bond donors (Lipinski definition) is 2. The fourth-order valence-electron chi connectivity index (χ4n) is 1.48. The number of benzene rings is 1. The van der Waals surface area contributed by atoms with Gasteiger partial charge >= 0.3 is 5.97 Å². The quantitative estimate of drug-likeness (QED) is 0.888. The van der Waals surface area contributed by atoms with Gasteiger partial charge in [-0.05, 0) is 40.0 Å². The Hall–Kier alpha value is -1.27. The Balaban J connectivity index is 3.44. The maximum absolute atomic E-state index is 10.8. The van der Waals surface area contributed by atoms with Crippen molar-refractivity contribution in [2.75, 3.05) is 14.2 Å². The van der Waals surface area contributed by atoms with Crippen LogP contribution in [0.3, 0.4) is 0 Å². The predicted molar refractivity (Wildman–Crippen MR) is 64.6 cm³/mol. The summed E-state index contributed by atoms with van der Waals surface area (Å²) in [4.78, 5) is 10.8. The van der Waals surface area contributed by atoms with Crippen LogP contribution in [0.15, 0.2) is 10.5 Å². The van der Waals surface area contributed by atoms with Crippen LogP contribution in [0.4, 0.5) is 0 Å². The van der Waals surface area contributed by atoms with Crippen LogP contribution in [-0.2, 0) is 4.79 Å². The molecule has 0 spiro atoms. The molecule has 2 N–H and O–H groups in total. The zero-order valence-electron chi connectivity index (χ0n) is 9.65. The molecule has 0 aliphatic rings. The van der Waals surface area contributed by atoms with Crippen LogP contribution in [0, 0.1) is 6.92 Å². The summed E-state index contributed by atoms with van der Waals surface area (Å²) in [5, 5.41) is 18.4. The predicted octanol–water partition coefficient (Wildman–Crippen LogP) is 1.89. The van der Waals surface area contributed by atoms with Gasteiger partial charge in [-0.15, -0.1) is 0 Å². The second kappa shape index (κ2) is 5.37.